The molecule has 4 heteroatoms. The van der Waals surface area contributed by atoms with Crippen LogP contribution in [0.15, 0.2) is 18.2 Å². The van der Waals surface area contributed by atoms with Crippen LogP contribution in [0.25, 0.3) is 0 Å². The SMILES string of the molecule is Clc1cccc(CNC2CCCSC2)c1Cl. The molecule has 1 aliphatic heterocycles. The molecule has 16 heavy (non-hydrogen) atoms. The summed E-state index contributed by atoms with van der Waals surface area (Å²) in [5.41, 5.74) is 1.09. The van der Waals surface area contributed by atoms with Gasteiger partial charge in [0.15, 0.2) is 0 Å². The molecule has 0 aliphatic carbocycles. The monoisotopic (exact) mass is 275 g/mol. The van der Waals surface area contributed by atoms with Gasteiger partial charge in [-0.05, 0) is 30.2 Å². The first-order valence-corrected chi connectivity index (χ1v) is 7.42. The molecule has 1 aromatic rings. The summed E-state index contributed by atoms with van der Waals surface area (Å²) in [5, 5.41) is 4.86. The molecule has 1 atom stereocenters. The third kappa shape index (κ3) is 3.30. The fourth-order valence-corrected chi connectivity index (χ4v) is 3.33. The quantitative estimate of drug-likeness (QED) is 0.896. The van der Waals surface area contributed by atoms with Gasteiger partial charge in [-0.3, -0.25) is 0 Å². The van der Waals surface area contributed by atoms with Crippen LogP contribution >= 0.6 is 35.0 Å². The van der Waals surface area contributed by atoms with E-state index in [1.165, 1.54) is 24.3 Å². The van der Waals surface area contributed by atoms with Gasteiger partial charge in [0.2, 0.25) is 0 Å². The fourth-order valence-electron chi connectivity index (χ4n) is 1.84. The van der Waals surface area contributed by atoms with E-state index in [-0.39, 0.29) is 0 Å². The van der Waals surface area contributed by atoms with Crippen molar-refractivity contribution in [2.75, 3.05) is 11.5 Å². The standard InChI is InChI=1S/C12H15Cl2NS/c13-11-5-1-3-9(12(11)14)7-15-10-4-2-6-16-8-10/h1,3,5,10,15H,2,4,6-8H2. The highest BCUT2D eigenvalue weighted by Crippen LogP contribution is 2.26. The highest BCUT2D eigenvalue weighted by Gasteiger charge is 2.13. The van der Waals surface area contributed by atoms with Gasteiger partial charge in [0, 0.05) is 18.3 Å². The van der Waals surface area contributed by atoms with Gasteiger partial charge in [-0.1, -0.05) is 35.3 Å². The van der Waals surface area contributed by atoms with Crippen molar-refractivity contribution in [2.24, 2.45) is 0 Å². The predicted octanol–water partition coefficient (Wildman–Crippen LogP) is 3.98. The lowest BCUT2D eigenvalue weighted by atomic mass is 10.1. The molecule has 1 aromatic carbocycles. The average Bonchev–Trinajstić information content (AvgIpc) is 2.32. The second kappa shape index (κ2) is 6.15. The summed E-state index contributed by atoms with van der Waals surface area (Å²) in [6.07, 6.45) is 2.58. The van der Waals surface area contributed by atoms with Crippen LogP contribution in [0.4, 0.5) is 0 Å². The maximum atomic E-state index is 6.13. The van der Waals surface area contributed by atoms with E-state index in [1.807, 2.05) is 30.0 Å². The number of thioether (sulfide) groups is 1. The summed E-state index contributed by atoms with van der Waals surface area (Å²) >= 11 is 14.1. The van der Waals surface area contributed by atoms with Crippen molar-refractivity contribution in [3.05, 3.63) is 33.8 Å². The third-order valence-electron chi connectivity index (χ3n) is 2.77. The van der Waals surface area contributed by atoms with Gasteiger partial charge >= 0.3 is 0 Å². The Morgan fingerprint density at radius 1 is 1.38 bits per heavy atom. The van der Waals surface area contributed by atoms with Crippen molar-refractivity contribution in [3.8, 4) is 0 Å². The Hall–Kier alpha value is 0.110. The maximum Gasteiger partial charge on any atom is 0.0637 e. The lowest BCUT2D eigenvalue weighted by Crippen LogP contribution is -2.33. The van der Waals surface area contributed by atoms with E-state index in [0.717, 1.165) is 12.1 Å². The molecule has 2 rings (SSSR count). The Morgan fingerprint density at radius 2 is 2.25 bits per heavy atom. The van der Waals surface area contributed by atoms with Gasteiger partial charge in [-0.25, -0.2) is 0 Å². The molecule has 1 N–H and O–H groups in total. The van der Waals surface area contributed by atoms with Gasteiger partial charge < -0.3 is 5.32 Å². The second-order valence-electron chi connectivity index (χ2n) is 4.01. The van der Waals surface area contributed by atoms with Gasteiger partial charge in [0.25, 0.3) is 0 Å². The number of halogens is 2. The average molecular weight is 276 g/mol. The summed E-state index contributed by atoms with van der Waals surface area (Å²) in [7, 11) is 0. The zero-order valence-electron chi connectivity index (χ0n) is 9.01. The molecule has 0 bridgehead atoms. The van der Waals surface area contributed by atoms with Gasteiger partial charge in [-0.2, -0.15) is 11.8 Å². The lowest BCUT2D eigenvalue weighted by molar-refractivity contribution is 0.508. The Bertz CT molecular complexity index is 351. The van der Waals surface area contributed by atoms with E-state index in [2.05, 4.69) is 5.32 Å². The summed E-state index contributed by atoms with van der Waals surface area (Å²) in [4.78, 5) is 0. The molecular weight excluding hydrogens is 261 g/mol. The van der Waals surface area contributed by atoms with E-state index in [0.29, 0.717) is 16.1 Å². The molecule has 0 aromatic heterocycles. The maximum absolute atomic E-state index is 6.13. The highest BCUT2D eigenvalue weighted by atomic mass is 35.5. The number of rotatable bonds is 3. The fraction of sp³-hybridized carbons (Fsp3) is 0.500. The molecule has 88 valence electrons. The van der Waals surface area contributed by atoms with Crippen molar-refractivity contribution in [3.63, 3.8) is 0 Å². The number of benzene rings is 1. The Morgan fingerprint density at radius 3 is 3.00 bits per heavy atom. The van der Waals surface area contributed by atoms with Crippen LogP contribution < -0.4 is 5.32 Å². The zero-order chi connectivity index (χ0) is 11.4. The minimum atomic E-state index is 0.619. The van der Waals surface area contributed by atoms with Crippen molar-refractivity contribution >= 4 is 35.0 Å². The predicted molar refractivity (Wildman–Crippen MR) is 73.6 cm³/mol. The molecule has 0 spiro atoms. The van der Waals surface area contributed by atoms with Gasteiger partial charge in [0.1, 0.15) is 0 Å². The molecular formula is C12H15Cl2NS. The number of hydrogen-bond donors (Lipinski definition) is 1. The number of nitrogens with one attached hydrogen (secondary N) is 1. The molecule has 1 heterocycles. The lowest BCUT2D eigenvalue weighted by Gasteiger charge is -2.22. The summed E-state index contributed by atoms with van der Waals surface area (Å²) < 4.78 is 0. The van der Waals surface area contributed by atoms with Crippen LogP contribution in [-0.2, 0) is 6.54 Å². The first-order valence-electron chi connectivity index (χ1n) is 5.51. The Kier molecular flexibility index (Phi) is 4.83. The molecule has 1 fully saturated rings. The van der Waals surface area contributed by atoms with E-state index in [9.17, 15) is 0 Å². The normalized spacial score (nSPS) is 21.0. The highest BCUT2D eigenvalue weighted by molar-refractivity contribution is 7.99. The zero-order valence-corrected chi connectivity index (χ0v) is 11.3. The minimum Gasteiger partial charge on any atom is -0.309 e. The summed E-state index contributed by atoms with van der Waals surface area (Å²) in [6, 6.07) is 6.41. The molecule has 1 unspecified atom stereocenters. The van der Waals surface area contributed by atoms with Crippen molar-refractivity contribution in [1.82, 2.24) is 5.32 Å². The first kappa shape index (κ1) is 12.6. The smallest absolute Gasteiger partial charge is 0.0637 e. The van der Waals surface area contributed by atoms with Crippen molar-refractivity contribution in [2.45, 2.75) is 25.4 Å². The van der Waals surface area contributed by atoms with Crippen LogP contribution in [-0.4, -0.2) is 17.5 Å². The molecule has 1 saturated heterocycles. The first-order chi connectivity index (χ1) is 7.77. The Balaban J connectivity index is 1.91. The van der Waals surface area contributed by atoms with Crippen molar-refractivity contribution in [1.29, 1.82) is 0 Å². The second-order valence-corrected chi connectivity index (χ2v) is 5.94. The topological polar surface area (TPSA) is 12.0 Å². The third-order valence-corrected chi connectivity index (χ3v) is 4.85. The molecule has 1 aliphatic rings. The van der Waals surface area contributed by atoms with E-state index in [4.69, 9.17) is 23.2 Å². The summed E-state index contributed by atoms with van der Waals surface area (Å²) in [5.74, 6) is 2.51. The molecule has 1 nitrogen and oxygen atoms in total. The minimum absolute atomic E-state index is 0.619. The molecule has 0 radical (unpaired) electrons. The van der Waals surface area contributed by atoms with Crippen LogP contribution in [0.2, 0.25) is 10.0 Å². The number of hydrogen-bond acceptors (Lipinski definition) is 2. The van der Waals surface area contributed by atoms with Crippen LogP contribution in [0.3, 0.4) is 0 Å². The largest absolute Gasteiger partial charge is 0.309 e. The van der Waals surface area contributed by atoms with Gasteiger partial charge in [0.05, 0.1) is 10.0 Å². The van der Waals surface area contributed by atoms with Gasteiger partial charge in [-0.15, -0.1) is 0 Å². The molecule has 0 saturated carbocycles. The Labute approximate surface area is 111 Å². The van der Waals surface area contributed by atoms with Crippen LogP contribution in [0.1, 0.15) is 18.4 Å². The van der Waals surface area contributed by atoms with E-state index in [1.54, 1.807) is 0 Å². The van der Waals surface area contributed by atoms with E-state index >= 15 is 0 Å². The van der Waals surface area contributed by atoms with E-state index < -0.39 is 0 Å². The van der Waals surface area contributed by atoms with Crippen LogP contribution in [0.5, 0.6) is 0 Å². The van der Waals surface area contributed by atoms with Crippen molar-refractivity contribution < 1.29 is 0 Å². The molecule has 0 amide bonds. The summed E-state index contributed by atoms with van der Waals surface area (Å²) in [6.45, 7) is 0.810. The van der Waals surface area contributed by atoms with Crippen LogP contribution in [0, 0.1) is 0 Å².